The van der Waals surface area contributed by atoms with E-state index < -0.39 is 23.5 Å². The van der Waals surface area contributed by atoms with Crippen LogP contribution in [0.3, 0.4) is 0 Å². The Morgan fingerprint density at radius 3 is 1.67 bits per heavy atom. The van der Waals surface area contributed by atoms with Gasteiger partial charge in [-0.25, -0.2) is 0 Å². The van der Waals surface area contributed by atoms with E-state index in [9.17, 15) is 26.3 Å². The van der Waals surface area contributed by atoms with Crippen molar-refractivity contribution < 1.29 is 26.3 Å². The molecule has 2 aromatic carbocycles. The number of aryl methyl sites for hydroxylation is 1. The molecule has 6 heteroatoms. The summed E-state index contributed by atoms with van der Waals surface area (Å²) in [6, 6.07) is 7.72. The van der Waals surface area contributed by atoms with Gasteiger partial charge in [0.2, 0.25) is 0 Å². The Balaban J connectivity index is 2.44. The van der Waals surface area contributed by atoms with Gasteiger partial charge >= 0.3 is 12.4 Å². The molecular weight excluding hydrogens is 294 g/mol. The third kappa shape index (κ3) is 3.37. The van der Waals surface area contributed by atoms with Gasteiger partial charge in [0.25, 0.3) is 0 Å². The van der Waals surface area contributed by atoms with Gasteiger partial charge in [-0.1, -0.05) is 24.3 Å². The predicted molar refractivity (Wildman–Crippen MR) is 66.6 cm³/mol. The zero-order valence-electron chi connectivity index (χ0n) is 10.8. The molecule has 0 spiro atoms. The van der Waals surface area contributed by atoms with Crippen LogP contribution in [-0.2, 0) is 12.4 Å². The fourth-order valence-electron chi connectivity index (χ4n) is 1.96. The smallest absolute Gasteiger partial charge is 0.166 e. The predicted octanol–water partition coefficient (Wildman–Crippen LogP) is 5.70. The highest BCUT2D eigenvalue weighted by Gasteiger charge is 2.33. The molecule has 0 fully saturated rings. The second-order valence-corrected chi connectivity index (χ2v) is 4.60. The Morgan fingerprint density at radius 1 is 0.667 bits per heavy atom. The van der Waals surface area contributed by atoms with E-state index in [1.54, 1.807) is 0 Å². The molecule has 0 radical (unpaired) electrons. The summed E-state index contributed by atoms with van der Waals surface area (Å²) in [6.45, 7) is 1.33. The van der Waals surface area contributed by atoms with E-state index >= 15 is 0 Å². The van der Waals surface area contributed by atoms with Crippen molar-refractivity contribution in [3.05, 3.63) is 59.2 Å². The summed E-state index contributed by atoms with van der Waals surface area (Å²) in [4.78, 5) is 0. The van der Waals surface area contributed by atoms with Crippen LogP contribution in [0, 0.1) is 6.92 Å². The maximum atomic E-state index is 12.8. The van der Waals surface area contributed by atoms with Gasteiger partial charge in [-0.3, -0.25) is 0 Å². The van der Waals surface area contributed by atoms with Crippen LogP contribution in [0.5, 0.6) is 0 Å². The SMILES string of the molecule is Cc1ccc(-c2ccc(C(F)(F)F)cc2)cc1C(F)(F)F. The molecule has 0 aliphatic rings. The lowest BCUT2D eigenvalue weighted by Crippen LogP contribution is -2.07. The lowest BCUT2D eigenvalue weighted by molar-refractivity contribution is -0.138. The monoisotopic (exact) mass is 304 g/mol. The molecule has 0 aliphatic heterocycles. The first-order valence-corrected chi connectivity index (χ1v) is 5.94. The van der Waals surface area contributed by atoms with Crippen molar-refractivity contribution in [1.29, 1.82) is 0 Å². The van der Waals surface area contributed by atoms with Crippen molar-refractivity contribution in [2.24, 2.45) is 0 Å². The molecule has 0 saturated carbocycles. The highest BCUT2D eigenvalue weighted by Crippen LogP contribution is 2.35. The minimum absolute atomic E-state index is 0.0677. The summed E-state index contributed by atoms with van der Waals surface area (Å²) < 4.78 is 75.8. The third-order valence-corrected chi connectivity index (χ3v) is 3.09. The number of alkyl halides is 6. The van der Waals surface area contributed by atoms with E-state index in [4.69, 9.17) is 0 Å². The van der Waals surface area contributed by atoms with E-state index in [1.165, 1.54) is 19.1 Å². The molecule has 0 atom stereocenters. The van der Waals surface area contributed by atoms with Crippen molar-refractivity contribution in [2.45, 2.75) is 19.3 Å². The summed E-state index contributed by atoms with van der Waals surface area (Å²) in [6.07, 6.45) is -8.96. The van der Waals surface area contributed by atoms with Crippen molar-refractivity contribution in [3.63, 3.8) is 0 Å². The fourth-order valence-corrected chi connectivity index (χ4v) is 1.96. The number of hydrogen-bond donors (Lipinski definition) is 0. The minimum Gasteiger partial charge on any atom is -0.166 e. The first-order chi connectivity index (χ1) is 9.59. The molecule has 0 saturated heterocycles. The quantitative estimate of drug-likeness (QED) is 0.593. The summed E-state index contributed by atoms with van der Waals surface area (Å²) in [5, 5.41) is 0. The van der Waals surface area contributed by atoms with E-state index in [0.717, 1.165) is 30.3 Å². The van der Waals surface area contributed by atoms with Crippen molar-refractivity contribution in [3.8, 4) is 11.1 Å². The minimum atomic E-state index is -4.49. The average Bonchev–Trinajstić information content (AvgIpc) is 2.37. The van der Waals surface area contributed by atoms with Gasteiger partial charge < -0.3 is 0 Å². The first kappa shape index (κ1) is 15.4. The lowest BCUT2D eigenvalue weighted by atomic mass is 9.98. The Bertz CT molecular complexity index is 635. The molecule has 21 heavy (non-hydrogen) atoms. The maximum Gasteiger partial charge on any atom is 0.416 e. The molecular formula is C15H10F6. The topological polar surface area (TPSA) is 0 Å². The van der Waals surface area contributed by atoms with Crippen LogP contribution in [0.2, 0.25) is 0 Å². The second kappa shape index (κ2) is 5.09. The molecule has 2 aromatic rings. The van der Waals surface area contributed by atoms with E-state index in [0.29, 0.717) is 5.56 Å². The third-order valence-electron chi connectivity index (χ3n) is 3.09. The van der Waals surface area contributed by atoms with Gasteiger partial charge in [0.15, 0.2) is 0 Å². The maximum absolute atomic E-state index is 12.8. The Morgan fingerprint density at radius 2 is 1.19 bits per heavy atom. The van der Waals surface area contributed by atoms with Crippen LogP contribution >= 0.6 is 0 Å². The van der Waals surface area contributed by atoms with Crippen LogP contribution < -0.4 is 0 Å². The summed E-state index contributed by atoms with van der Waals surface area (Å²) in [7, 11) is 0. The van der Waals surface area contributed by atoms with E-state index in [-0.39, 0.29) is 11.1 Å². The first-order valence-electron chi connectivity index (χ1n) is 5.94. The van der Waals surface area contributed by atoms with Gasteiger partial charge in [-0.2, -0.15) is 26.3 Å². The molecule has 112 valence electrons. The Kier molecular flexibility index (Phi) is 3.74. The van der Waals surface area contributed by atoms with Crippen LogP contribution in [0.15, 0.2) is 42.5 Å². The van der Waals surface area contributed by atoms with Gasteiger partial charge in [0.1, 0.15) is 0 Å². The Hall–Kier alpha value is -1.98. The molecule has 0 unspecified atom stereocenters. The number of hydrogen-bond acceptors (Lipinski definition) is 0. The van der Waals surface area contributed by atoms with Crippen LogP contribution in [0.4, 0.5) is 26.3 Å². The van der Waals surface area contributed by atoms with Gasteiger partial charge in [-0.15, -0.1) is 0 Å². The van der Waals surface area contributed by atoms with Crippen molar-refractivity contribution in [1.82, 2.24) is 0 Å². The summed E-state index contributed by atoms with van der Waals surface area (Å²) in [5.74, 6) is 0. The number of benzene rings is 2. The zero-order chi connectivity index (χ0) is 15.8. The molecule has 0 aromatic heterocycles. The molecule has 0 nitrogen and oxygen atoms in total. The second-order valence-electron chi connectivity index (χ2n) is 4.60. The Labute approximate surface area is 117 Å². The summed E-state index contributed by atoms with van der Waals surface area (Å²) in [5.41, 5.74) is -1.04. The standard InChI is InChI=1S/C15H10F6/c1-9-2-3-11(8-13(9)15(19,20)21)10-4-6-12(7-5-10)14(16,17)18/h2-8H,1H3. The highest BCUT2D eigenvalue weighted by molar-refractivity contribution is 5.65. The molecule has 0 heterocycles. The van der Waals surface area contributed by atoms with Crippen LogP contribution in [0.25, 0.3) is 11.1 Å². The highest BCUT2D eigenvalue weighted by atomic mass is 19.4. The van der Waals surface area contributed by atoms with Crippen LogP contribution in [-0.4, -0.2) is 0 Å². The molecule has 0 amide bonds. The largest absolute Gasteiger partial charge is 0.416 e. The zero-order valence-corrected chi connectivity index (χ0v) is 10.8. The summed E-state index contributed by atoms with van der Waals surface area (Å²) >= 11 is 0. The molecule has 2 rings (SSSR count). The normalized spacial score (nSPS) is 12.5. The molecule has 0 aliphatic carbocycles. The average molecular weight is 304 g/mol. The molecule has 0 bridgehead atoms. The lowest BCUT2D eigenvalue weighted by Gasteiger charge is -2.13. The van der Waals surface area contributed by atoms with Gasteiger partial charge in [-0.05, 0) is 41.8 Å². The van der Waals surface area contributed by atoms with Crippen LogP contribution in [0.1, 0.15) is 16.7 Å². The fraction of sp³-hybridized carbons (Fsp3) is 0.200. The number of halogens is 6. The molecule has 0 N–H and O–H groups in total. The van der Waals surface area contributed by atoms with E-state index in [2.05, 4.69) is 0 Å². The number of rotatable bonds is 1. The van der Waals surface area contributed by atoms with Gasteiger partial charge in [0, 0.05) is 0 Å². The van der Waals surface area contributed by atoms with Gasteiger partial charge in [0.05, 0.1) is 11.1 Å². The van der Waals surface area contributed by atoms with E-state index in [1.807, 2.05) is 0 Å². The van der Waals surface area contributed by atoms with Crippen molar-refractivity contribution in [2.75, 3.05) is 0 Å². The van der Waals surface area contributed by atoms with Crippen molar-refractivity contribution >= 4 is 0 Å².